The molecule has 0 bridgehead atoms. The van der Waals surface area contributed by atoms with Crippen LogP contribution in [0.1, 0.15) is 37.3 Å². The summed E-state index contributed by atoms with van der Waals surface area (Å²) in [7, 11) is 0. The molecule has 2 atom stereocenters. The molecule has 1 aromatic carbocycles. The fraction of sp³-hybridized carbons (Fsp3) is 0.500. The topological polar surface area (TPSA) is 67.9 Å². The normalized spacial score (nSPS) is 26.4. The number of fused-ring (bicyclic) bond motifs is 1. The zero-order chi connectivity index (χ0) is 15.1. The first kappa shape index (κ1) is 13.4. The quantitative estimate of drug-likeness (QED) is 0.895. The lowest BCUT2D eigenvalue weighted by Crippen LogP contribution is -2.44. The van der Waals surface area contributed by atoms with Gasteiger partial charge in [-0.15, -0.1) is 0 Å². The van der Waals surface area contributed by atoms with E-state index in [9.17, 15) is 9.59 Å². The molecule has 4 rings (SSSR count). The van der Waals surface area contributed by atoms with Crippen molar-refractivity contribution in [2.75, 3.05) is 13.3 Å². The zero-order valence-electron chi connectivity index (χ0n) is 12.2. The summed E-state index contributed by atoms with van der Waals surface area (Å²) in [5, 5.41) is 2.77. The van der Waals surface area contributed by atoms with Crippen molar-refractivity contribution in [1.29, 1.82) is 0 Å². The van der Waals surface area contributed by atoms with E-state index < -0.39 is 0 Å². The summed E-state index contributed by atoms with van der Waals surface area (Å²) >= 11 is 0. The van der Waals surface area contributed by atoms with Gasteiger partial charge in [-0.1, -0.05) is 6.07 Å². The van der Waals surface area contributed by atoms with Gasteiger partial charge in [0.05, 0.1) is 6.04 Å². The lowest BCUT2D eigenvalue weighted by molar-refractivity contribution is -0.135. The smallest absolute Gasteiger partial charge is 0.245 e. The molecule has 0 radical (unpaired) electrons. The first-order valence-electron chi connectivity index (χ1n) is 7.72. The fourth-order valence-corrected chi connectivity index (χ4v) is 3.50. The molecule has 0 spiro atoms. The molecule has 3 aliphatic heterocycles. The second-order valence-corrected chi connectivity index (χ2v) is 5.96. The second kappa shape index (κ2) is 5.19. The molecule has 116 valence electrons. The fourth-order valence-electron chi connectivity index (χ4n) is 3.50. The zero-order valence-corrected chi connectivity index (χ0v) is 12.2. The minimum absolute atomic E-state index is 0.0304. The monoisotopic (exact) mass is 302 g/mol. The standard InChI is InChI=1S/C16H18N2O4/c19-15-6-4-11(17-15)16(20)18-7-1-2-12(18)10-3-5-13-14(8-10)22-9-21-13/h3,5,8,11-12H,1-2,4,6-7,9H2,(H,17,19)/t11-,12+/m0/s1. The Kier molecular flexibility index (Phi) is 3.17. The maximum Gasteiger partial charge on any atom is 0.245 e. The minimum atomic E-state index is -0.359. The number of carbonyl (C=O) groups excluding carboxylic acids is 2. The minimum Gasteiger partial charge on any atom is -0.454 e. The number of hydrogen-bond donors (Lipinski definition) is 1. The van der Waals surface area contributed by atoms with E-state index in [0.29, 0.717) is 12.8 Å². The first-order chi connectivity index (χ1) is 10.7. The van der Waals surface area contributed by atoms with E-state index in [4.69, 9.17) is 9.47 Å². The third kappa shape index (κ3) is 2.19. The van der Waals surface area contributed by atoms with Crippen LogP contribution in [-0.2, 0) is 9.59 Å². The van der Waals surface area contributed by atoms with Gasteiger partial charge in [-0.25, -0.2) is 0 Å². The highest BCUT2D eigenvalue weighted by Crippen LogP contribution is 2.39. The van der Waals surface area contributed by atoms with Crippen molar-refractivity contribution in [3.63, 3.8) is 0 Å². The molecule has 2 amide bonds. The first-order valence-corrected chi connectivity index (χ1v) is 7.72. The summed E-state index contributed by atoms with van der Waals surface area (Å²) < 4.78 is 10.8. The highest BCUT2D eigenvalue weighted by atomic mass is 16.7. The third-order valence-corrected chi connectivity index (χ3v) is 4.61. The molecule has 22 heavy (non-hydrogen) atoms. The Labute approximate surface area is 128 Å². The Bertz CT molecular complexity index is 631. The lowest BCUT2D eigenvalue weighted by atomic mass is 10.0. The summed E-state index contributed by atoms with van der Waals surface area (Å²) in [6, 6.07) is 5.56. The van der Waals surface area contributed by atoms with Gasteiger partial charge in [0.15, 0.2) is 11.5 Å². The molecular weight excluding hydrogens is 284 g/mol. The van der Waals surface area contributed by atoms with E-state index in [2.05, 4.69) is 5.32 Å². The van der Waals surface area contributed by atoms with Crippen molar-refractivity contribution < 1.29 is 19.1 Å². The van der Waals surface area contributed by atoms with Gasteiger partial charge >= 0.3 is 0 Å². The Hall–Kier alpha value is -2.24. The van der Waals surface area contributed by atoms with Crippen molar-refractivity contribution in [3.8, 4) is 11.5 Å². The molecule has 1 N–H and O–H groups in total. The van der Waals surface area contributed by atoms with E-state index >= 15 is 0 Å². The van der Waals surface area contributed by atoms with E-state index in [0.717, 1.165) is 36.4 Å². The maximum absolute atomic E-state index is 12.7. The molecule has 0 unspecified atom stereocenters. The summed E-state index contributed by atoms with van der Waals surface area (Å²) in [6.45, 7) is 0.991. The molecule has 3 aliphatic rings. The van der Waals surface area contributed by atoms with Gasteiger partial charge in [0, 0.05) is 13.0 Å². The number of nitrogens with one attached hydrogen (secondary N) is 1. The molecule has 0 aliphatic carbocycles. The van der Waals surface area contributed by atoms with Crippen molar-refractivity contribution in [3.05, 3.63) is 23.8 Å². The third-order valence-electron chi connectivity index (χ3n) is 4.61. The van der Waals surface area contributed by atoms with Crippen LogP contribution in [0.3, 0.4) is 0 Å². The molecule has 0 aromatic heterocycles. The van der Waals surface area contributed by atoms with Crippen LogP contribution in [0.5, 0.6) is 11.5 Å². The van der Waals surface area contributed by atoms with Gasteiger partial charge in [-0.3, -0.25) is 9.59 Å². The van der Waals surface area contributed by atoms with Crippen LogP contribution in [0.2, 0.25) is 0 Å². The molecule has 2 fully saturated rings. The highest BCUT2D eigenvalue weighted by Gasteiger charge is 2.37. The van der Waals surface area contributed by atoms with Crippen LogP contribution in [0.4, 0.5) is 0 Å². The number of hydrogen-bond acceptors (Lipinski definition) is 4. The molecule has 0 saturated carbocycles. The van der Waals surface area contributed by atoms with Crippen LogP contribution in [-0.4, -0.2) is 36.1 Å². The summed E-state index contributed by atoms with van der Waals surface area (Å²) in [5.41, 5.74) is 1.07. The van der Waals surface area contributed by atoms with E-state index in [-0.39, 0.29) is 30.7 Å². The van der Waals surface area contributed by atoms with E-state index in [1.165, 1.54) is 0 Å². The number of nitrogens with zero attached hydrogens (tertiary/aromatic N) is 1. The number of ether oxygens (including phenoxy) is 2. The van der Waals surface area contributed by atoms with Crippen molar-refractivity contribution in [1.82, 2.24) is 10.2 Å². The maximum atomic E-state index is 12.7. The van der Waals surface area contributed by atoms with Crippen LogP contribution in [0, 0.1) is 0 Å². The number of benzene rings is 1. The van der Waals surface area contributed by atoms with Gasteiger partial charge in [0.1, 0.15) is 6.04 Å². The SMILES string of the molecule is O=C1CC[C@@H](C(=O)N2CCC[C@@H]2c2ccc3c(c2)OCO3)N1. The molecule has 6 heteroatoms. The van der Waals surface area contributed by atoms with Crippen molar-refractivity contribution in [2.45, 2.75) is 37.8 Å². The Morgan fingerprint density at radius 3 is 2.91 bits per heavy atom. The predicted octanol–water partition coefficient (Wildman–Crippen LogP) is 1.36. The van der Waals surface area contributed by atoms with Gasteiger partial charge in [0.25, 0.3) is 0 Å². The summed E-state index contributed by atoms with van der Waals surface area (Å²) in [6.07, 6.45) is 2.96. The largest absolute Gasteiger partial charge is 0.454 e. The van der Waals surface area contributed by atoms with Gasteiger partial charge < -0.3 is 19.7 Å². The molecule has 3 heterocycles. The van der Waals surface area contributed by atoms with E-state index in [1.54, 1.807) is 0 Å². The number of amides is 2. The van der Waals surface area contributed by atoms with Crippen molar-refractivity contribution in [2.24, 2.45) is 0 Å². The average Bonchev–Trinajstić information content (AvgIpc) is 3.25. The van der Waals surface area contributed by atoms with Gasteiger partial charge in [-0.2, -0.15) is 0 Å². The van der Waals surface area contributed by atoms with Crippen molar-refractivity contribution >= 4 is 11.8 Å². The predicted molar refractivity (Wildman–Crippen MR) is 77.4 cm³/mol. The lowest BCUT2D eigenvalue weighted by Gasteiger charge is -2.27. The van der Waals surface area contributed by atoms with Crippen LogP contribution in [0.15, 0.2) is 18.2 Å². The Balaban J connectivity index is 1.56. The Morgan fingerprint density at radius 1 is 1.23 bits per heavy atom. The number of likely N-dealkylation sites (tertiary alicyclic amines) is 1. The van der Waals surface area contributed by atoms with Crippen LogP contribution in [0.25, 0.3) is 0 Å². The van der Waals surface area contributed by atoms with Gasteiger partial charge in [0.2, 0.25) is 18.6 Å². The number of carbonyl (C=O) groups is 2. The molecular formula is C16H18N2O4. The van der Waals surface area contributed by atoms with Crippen LogP contribution >= 0.6 is 0 Å². The summed E-state index contributed by atoms with van der Waals surface area (Å²) in [4.78, 5) is 25.9. The van der Waals surface area contributed by atoms with E-state index in [1.807, 2.05) is 23.1 Å². The summed E-state index contributed by atoms with van der Waals surface area (Å²) in [5.74, 6) is 1.50. The van der Waals surface area contributed by atoms with Gasteiger partial charge in [-0.05, 0) is 37.0 Å². The second-order valence-electron chi connectivity index (χ2n) is 5.96. The average molecular weight is 302 g/mol. The Morgan fingerprint density at radius 2 is 2.09 bits per heavy atom. The highest BCUT2D eigenvalue weighted by molar-refractivity contribution is 5.91. The van der Waals surface area contributed by atoms with Crippen LogP contribution < -0.4 is 14.8 Å². The molecule has 1 aromatic rings. The molecule has 2 saturated heterocycles. The number of rotatable bonds is 2. The molecule has 6 nitrogen and oxygen atoms in total.